The molecular weight excluding hydrogens is 525 g/mol. The molecule has 3 rings (SSSR count). The van der Waals surface area contributed by atoms with Gasteiger partial charge in [-0.3, -0.25) is 4.79 Å². The van der Waals surface area contributed by atoms with Crippen molar-refractivity contribution in [3.05, 3.63) is 48.0 Å². The number of carbonyl (C=O) groups excluding carboxylic acids is 1. The molecule has 2 aromatic carbocycles. The Morgan fingerprint density at radius 1 is 1.19 bits per heavy atom. The summed E-state index contributed by atoms with van der Waals surface area (Å²) in [6.45, 7) is 8.87. The van der Waals surface area contributed by atoms with Gasteiger partial charge in [-0.2, -0.15) is 4.08 Å². The van der Waals surface area contributed by atoms with Gasteiger partial charge in [0.2, 0.25) is 10.0 Å². The first-order valence-electron chi connectivity index (χ1n) is 12.7. The van der Waals surface area contributed by atoms with Gasteiger partial charge in [0.15, 0.2) is 0 Å². The molecule has 2 atom stereocenters. The fraction of sp³-hybridized carbons (Fsp3) is 0.519. The summed E-state index contributed by atoms with van der Waals surface area (Å²) in [5.74, 6) is 0.460. The van der Waals surface area contributed by atoms with Crippen molar-refractivity contribution in [2.45, 2.75) is 56.2 Å². The standard InChI is InChI=1S/C27H40N3O4PS2/c1-7-9-15-27(3)20-29(22-13-11-10-12-14-22)24-17-23(28(4)5)21(18-36-19-26(31)34-8-2)16-25(24)37(32,33)30(27)35-6/h10-14,16-17,35H,7-9,15,18-20H2,1-6H3. The van der Waals surface area contributed by atoms with Crippen LogP contribution < -0.4 is 9.80 Å². The number of anilines is 3. The predicted octanol–water partition coefficient (Wildman–Crippen LogP) is 5.86. The summed E-state index contributed by atoms with van der Waals surface area (Å²) in [4.78, 5) is 16.4. The molecular formula is C27H40N3O4PS2. The van der Waals surface area contributed by atoms with Crippen LogP contribution in [-0.2, 0) is 25.3 Å². The Bertz CT molecular complexity index is 1180. The Morgan fingerprint density at radius 3 is 2.49 bits per heavy atom. The van der Waals surface area contributed by atoms with Crippen LogP contribution >= 0.6 is 20.5 Å². The molecule has 1 aliphatic heterocycles. The number of thioether (sulfide) groups is 1. The van der Waals surface area contributed by atoms with Crippen LogP contribution in [0, 0.1) is 0 Å². The van der Waals surface area contributed by atoms with Crippen molar-refractivity contribution in [2.24, 2.45) is 0 Å². The van der Waals surface area contributed by atoms with Crippen molar-refractivity contribution in [2.75, 3.05) is 49.5 Å². The Labute approximate surface area is 228 Å². The van der Waals surface area contributed by atoms with Crippen LogP contribution in [0.15, 0.2) is 47.4 Å². The van der Waals surface area contributed by atoms with E-state index in [4.69, 9.17) is 4.74 Å². The summed E-state index contributed by atoms with van der Waals surface area (Å²) in [7, 11) is 0.251. The third-order valence-electron chi connectivity index (χ3n) is 6.56. The number of carbonyl (C=O) groups is 1. The van der Waals surface area contributed by atoms with Crippen LogP contribution in [0.3, 0.4) is 0 Å². The number of unbranched alkanes of at least 4 members (excludes halogenated alkanes) is 1. The summed E-state index contributed by atoms with van der Waals surface area (Å²) in [6, 6.07) is 13.9. The van der Waals surface area contributed by atoms with Gasteiger partial charge in [0.05, 0.1) is 23.6 Å². The molecule has 0 saturated carbocycles. The lowest BCUT2D eigenvalue weighted by Gasteiger charge is -2.40. The minimum atomic E-state index is -3.78. The number of benzene rings is 2. The second kappa shape index (κ2) is 12.8. The number of nitrogens with zero attached hydrogens (tertiary/aromatic N) is 3. The lowest BCUT2D eigenvalue weighted by Crippen LogP contribution is -2.49. The highest BCUT2D eigenvalue weighted by Gasteiger charge is 2.46. The van der Waals surface area contributed by atoms with E-state index in [0.717, 1.165) is 36.2 Å². The lowest BCUT2D eigenvalue weighted by molar-refractivity contribution is -0.139. The van der Waals surface area contributed by atoms with Gasteiger partial charge in [-0.1, -0.05) is 38.0 Å². The molecule has 204 valence electrons. The van der Waals surface area contributed by atoms with Crippen LogP contribution in [0.1, 0.15) is 45.6 Å². The van der Waals surface area contributed by atoms with Crippen LogP contribution in [0.25, 0.3) is 0 Å². The molecule has 7 nitrogen and oxygen atoms in total. The number of hydrogen-bond donors (Lipinski definition) is 0. The van der Waals surface area contributed by atoms with Gasteiger partial charge in [0, 0.05) is 37.8 Å². The van der Waals surface area contributed by atoms with Gasteiger partial charge >= 0.3 is 5.97 Å². The van der Waals surface area contributed by atoms with Crippen molar-refractivity contribution in [1.29, 1.82) is 0 Å². The van der Waals surface area contributed by atoms with Crippen molar-refractivity contribution < 1.29 is 17.9 Å². The van der Waals surface area contributed by atoms with Crippen LogP contribution in [-0.4, -0.2) is 63.7 Å². The molecule has 0 N–H and O–H groups in total. The Balaban J connectivity index is 2.20. The fourth-order valence-corrected chi connectivity index (χ4v) is 9.27. The maximum Gasteiger partial charge on any atom is 0.315 e. The van der Waals surface area contributed by atoms with Gasteiger partial charge in [-0.25, -0.2) is 8.42 Å². The second-order valence-corrected chi connectivity index (χ2v) is 13.6. The average molecular weight is 566 g/mol. The monoisotopic (exact) mass is 565 g/mol. The Morgan fingerprint density at radius 2 is 1.89 bits per heavy atom. The van der Waals surface area contributed by atoms with E-state index in [9.17, 15) is 13.2 Å². The average Bonchev–Trinajstić information content (AvgIpc) is 2.93. The maximum atomic E-state index is 14.3. The molecule has 37 heavy (non-hydrogen) atoms. The molecule has 2 aromatic rings. The van der Waals surface area contributed by atoms with Crippen molar-refractivity contribution in [3.63, 3.8) is 0 Å². The molecule has 0 aromatic heterocycles. The van der Waals surface area contributed by atoms with E-state index in [1.165, 1.54) is 11.8 Å². The predicted molar refractivity (Wildman–Crippen MR) is 158 cm³/mol. The number of hydrogen-bond acceptors (Lipinski definition) is 7. The molecule has 1 aliphatic rings. The van der Waals surface area contributed by atoms with E-state index in [1.807, 2.05) is 68.1 Å². The van der Waals surface area contributed by atoms with Crippen LogP contribution in [0.4, 0.5) is 17.1 Å². The van der Waals surface area contributed by atoms with Crippen LogP contribution in [0.5, 0.6) is 0 Å². The largest absolute Gasteiger partial charge is 0.465 e. The van der Waals surface area contributed by atoms with E-state index in [-0.39, 0.29) is 20.5 Å². The van der Waals surface area contributed by atoms with E-state index in [2.05, 4.69) is 18.7 Å². The molecule has 10 heteroatoms. The molecule has 0 saturated heterocycles. The topological polar surface area (TPSA) is 70.2 Å². The zero-order valence-corrected chi connectivity index (χ0v) is 25.4. The highest BCUT2D eigenvalue weighted by molar-refractivity contribution is 7.99. The smallest absolute Gasteiger partial charge is 0.315 e. The number of rotatable bonds is 11. The summed E-state index contributed by atoms with van der Waals surface area (Å²) < 4.78 is 35.4. The fourth-order valence-electron chi connectivity index (χ4n) is 4.84. The van der Waals surface area contributed by atoms with E-state index < -0.39 is 15.6 Å². The molecule has 0 fully saturated rings. The minimum Gasteiger partial charge on any atom is -0.465 e. The molecule has 2 unspecified atom stereocenters. The quantitative estimate of drug-likeness (QED) is 0.250. The Hall–Kier alpha value is -1.80. The van der Waals surface area contributed by atoms with E-state index in [1.54, 1.807) is 11.0 Å². The normalized spacial score (nSPS) is 19.6. The van der Waals surface area contributed by atoms with Crippen molar-refractivity contribution >= 4 is 53.5 Å². The highest BCUT2D eigenvalue weighted by Crippen LogP contribution is 2.48. The number of fused-ring (bicyclic) bond motifs is 1. The van der Waals surface area contributed by atoms with Gasteiger partial charge in [0.25, 0.3) is 0 Å². The minimum absolute atomic E-state index is 0.105. The zero-order valence-electron chi connectivity index (χ0n) is 22.8. The first-order valence-corrected chi connectivity index (χ1v) is 16.8. The lowest BCUT2D eigenvalue weighted by atomic mass is 9.94. The van der Waals surface area contributed by atoms with E-state index >= 15 is 0 Å². The molecule has 0 spiro atoms. The van der Waals surface area contributed by atoms with Crippen molar-refractivity contribution in [1.82, 2.24) is 4.08 Å². The van der Waals surface area contributed by atoms with Gasteiger partial charge < -0.3 is 14.5 Å². The molecule has 0 amide bonds. The number of para-hydroxylation sites is 1. The summed E-state index contributed by atoms with van der Waals surface area (Å²) in [5, 5.41) is 0. The van der Waals surface area contributed by atoms with Gasteiger partial charge in [-0.15, -0.1) is 11.8 Å². The second-order valence-electron chi connectivity index (χ2n) is 9.66. The third-order valence-corrected chi connectivity index (χ3v) is 11.5. The summed E-state index contributed by atoms with van der Waals surface area (Å²) in [5.41, 5.74) is 2.92. The number of esters is 1. The SMILES string of the molecule is CCCCC1(C)CN(c2ccccc2)c2cc(N(C)C)c(CSCC(=O)OCC)cc2S(=O)(=O)N1PC. The first kappa shape index (κ1) is 29.8. The first-order chi connectivity index (χ1) is 17.6. The third kappa shape index (κ3) is 6.62. The maximum absolute atomic E-state index is 14.3. The van der Waals surface area contributed by atoms with Crippen LogP contribution in [0.2, 0.25) is 0 Å². The van der Waals surface area contributed by atoms with Gasteiger partial charge in [-0.05, 0) is 65.5 Å². The number of ether oxygens (including phenoxy) is 1. The molecule has 1 heterocycles. The number of sulfonamides is 1. The highest BCUT2D eigenvalue weighted by atomic mass is 32.2. The van der Waals surface area contributed by atoms with E-state index in [0.29, 0.717) is 29.5 Å². The van der Waals surface area contributed by atoms with Crippen molar-refractivity contribution in [3.8, 4) is 0 Å². The molecule has 0 aliphatic carbocycles. The molecule has 0 bridgehead atoms. The summed E-state index contributed by atoms with van der Waals surface area (Å²) >= 11 is 1.44. The molecule has 0 radical (unpaired) electrons. The summed E-state index contributed by atoms with van der Waals surface area (Å²) in [6.07, 6.45) is 2.73. The zero-order chi connectivity index (χ0) is 27.2. The van der Waals surface area contributed by atoms with Gasteiger partial charge in [0.1, 0.15) is 4.90 Å². The Kier molecular flexibility index (Phi) is 10.3.